The maximum atomic E-state index is 4.60. The summed E-state index contributed by atoms with van der Waals surface area (Å²) in [6.45, 7) is 4.37. The van der Waals surface area contributed by atoms with E-state index in [1.54, 1.807) is 0 Å². The highest BCUT2D eigenvalue weighted by Gasteiger charge is 2.02. The second-order valence-electron chi connectivity index (χ2n) is 6.28. The lowest BCUT2D eigenvalue weighted by Crippen LogP contribution is -1.94. The molecular formula is C23H25N. The number of aromatic nitrogens is 1. The Morgan fingerprint density at radius 1 is 0.667 bits per heavy atom. The highest BCUT2D eigenvalue weighted by molar-refractivity contribution is 5.60. The predicted molar refractivity (Wildman–Crippen MR) is 102 cm³/mol. The van der Waals surface area contributed by atoms with Crippen molar-refractivity contribution in [1.82, 2.24) is 4.98 Å². The van der Waals surface area contributed by atoms with Gasteiger partial charge in [0.05, 0.1) is 5.69 Å². The molecule has 0 aliphatic carbocycles. The molecule has 24 heavy (non-hydrogen) atoms. The Balaban J connectivity index is 1.72. The number of benzene rings is 2. The Morgan fingerprint density at radius 3 is 2.00 bits per heavy atom. The third-order valence-corrected chi connectivity index (χ3v) is 4.56. The Hall–Kier alpha value is -2.41. The van der Waals surface area contributed by atoms with Gasteiger partial charge in [0.25, 0.3) is 0 Å². The molecular weight excluding hydrogens is 290 g/mol. The van der Waals surface area contributed by atoms with Gasteiger partial charge in [0, 0.05) is 11.8 Å². The fourth-order valence-electron chi connectivity index (χ4n) is 2.98. The lowest BCUT2D eigenvalue weighted by Gasteiger charge is -2.07. The van der Waals surface area contributed by atoms with Crippen molar-refractivity contribution in [2.24, 2.45) is 0 Å². The summed E-state index contributed by atoms with van der Waals surface area (Å²) in [7, 11) is 0. The molecule has 0 unspecified atom stereocenters. The number of nitrogens with zero attached hydrogens (tertiary/aromatic N) is 1. The van der Waals surface area contributed by atoms with E-state index in [1.807, 2.05) is 6.20 Å². The summed E-state index contributed by atoms with van der Waals surface area (Å²) < 4.78 is 0. The van der Waals surface area contributed by atoms with Crippen LogP contribution in [0.4, 0.5) is 0 Å². The van der Waals surface area contributed by atoms with Crippen molar-refractivity contribution in [3.05, 3.63) is 89.1 Å². The van der Waals surface area contributed by atoms with Crippen LogP contribution >= 0.6 is 0 Å². The summed E-state index contributed by atoms with van der Waals surface area (Å²) in [5, 5.41) is 0. The number of aryl methyl sites for hydroxylation is 4. The SMILES string of the molecule is CCc1ccc(-c2cccc(CCc3cccc(CC)c3)c2)nc1. The number of rotatable bonds is 6. The molecule has 0 atom stereocenters. The van der Waals surface area contributed by atoms with E-state index in [4.69, 9.17) is 0 Å². The molecule has 0 bridgehead atoms. The largest absolute Gasteiger partial charge is 0.256 e. The molecule has 1 heteroatoms. The molecule has 3 rings (SSSR count). The van der Waals surface area contributed by atoms with Gasteiger partial charge in [-0.25, -0.2) is 0 Å². The first-order chi connectivity index (χ1) is 11.8. The molecule has 0 N–H and O–H groups in total. The Labute approximate surface area is 145 Å². The molecule has 2 aromatic carbocycles. The molecule has 1 heterocycles. The maximum Gasteiger partial charge on any atom is 0.0702 e. The van der Waals surface area contributed by atoms with Gasteiger partial charge in [-0.2, -0.15) is 0 Å². The highest BCUT2D eigenvalue weighted by Crippen LogP contribution is 2.20. The summed E-state index contributed by atoms with van der Waals surface area (Å²) in [6, 6.07) is 22.0. The van der Waals surface area contributed by atoms with E-state index in [1.165, 1.54) is 27.8 Å². The summed E-state index contributed by atoms with van der Waals surface area (Å²) in [6.07, 6.45) is 6.26. The molecule has 0 saturated carbocycles. The molecule has 3 aromatic rings. The van der Waals surface area contributed by atoms with E-state index in [0.717, 1.165) is 31.4 Å². The fourth-order valence-corrected chi connectivity index (χ4v) is 2.98. The molecule has 0 spiro atoms. The van der Waals surface area contributed by atoms with Gasteiger partial charge in [-0.15, -0.1) is 0 Å². The number of pyridine rings is 1. The van der Waals surface area contributed by atoms with E-state index >= 15 is 0 Å². The maximum absolute atomic E-state index is 4.60. The first kappa shape index (κ1) is 16.4. The molecule has 0 amide bonds. The van der Waals surface area contributed by atoms with Crippen molar-refractivity contribution in [2.45, 2.75) is 39.5 Å². The average molecular weight is 315 g/mol. The van der Waals surface area contributed by atoms with Crippen molar-refractivity contribution in [3.8, 4) is 11.3 Å². The number of hydrogen-bond donors (Lipinski definition) is 0. The average Bonchev–Trinajstić information content (AvgIpc) is 2.67. The molecule has 122 valence electrons. The molecule has 1 aromatic heterocycles. The first-order valence-corrected chi connectivity index (χ1v) is 8.90. The molecule has 0 fully saturated rings. The van der Waals surface area contributed by atoms with Crippen molar-refractivity contribution in [3.63, 3.8) is 0 Å². The van der Waals surface area contributed by atoms with Crippen LogP contribution in [0.5, 0.6) is 0 Å². The van der Waals surface area contributed by atoms with Crippen LogP contribution in [0, 0.1) is 0 Å². The van der Waals surface area contributed by atoms with Crippen molar-refractivity contribution in [1.29, 1.82) is 0 Å². The molecule has 0 radical (unpaired) electrons. The van der Waals surface area contributed by atoms with Crippen molar-refractivity contribution < 1.29 is 0 Å². The zero-order chi connectivity index (χ0) is 16.8. The van der Waals surface area contributed by atoms with Crippen LogP contribution < -0.4 is 0 Å². The van der Waals surface area contributed by atoms with Crippen LogP contribution in [0.3, 0.4) is 0 Å². The Bertz CT molecular complexity index is 787. The standard InChI is InChI=1S/C23H25N/c1-3-18-7-5-8-20(15-18)11-12-21-9-6-10-22(16-21)23-14-13-19(4-2)17-24-23/h5-10,13-17H,3-4,11-12H2,1-2H3. The van der Waals surface area contributed by atoms with Crippen LogP contribution in [-0.4, -0.2) is 4.98 Å². The fraction of sp³-hybridized carbons (Fsp3) is 0.261. The van der Waals surface area contributed by atoms with Crippen LogP contribution in [0.15, 0.2) is 66.9 Å². The van der Waals surface area contributed by atoms with Crippen LogP contribution in [0.25, 0.3) is 11.3 Å². The van der Waals surface area contributed by atoms with Crippen LogP contribution in [0.2, 0.25) is 0 Å². The van der Waals surface area contributed by atoms with E-state index < -0.39 is 0 Å². The Kier molecular flexibility index (Phi) is 5.43. The summed E-state index contributed by atoms with van der Waals surface area (Å²) in [5.41, 5.74) is 7.76. The van der Waals surface area contributed by atoms with Crippen molar-refractivity contribution in [2.75, 3.05) is 0 Å². The van der Waals surface area contributed by atoms with Gasteiger partial charge in [-0.3, -0.25) is 4.98 Å². The minimum atomic E-state index is 1.03. The molecule has 0 aliphatic heterocycles. The predicted octanol–water partition coefficient (Wildman–Crippen LogP) is 5.66. The van der Waals surface area contributed by atoms with Gasteiger partial charge in [-0.05, 0) is 60.1 Å². The minimum Gasteiger partial charge on any atom is -0.256 e. The van der Waals surface area contributed by atoms with Crippen LogP contribution in [0.1, 0.15) is 36.1 Å². The van der Waals surface area contributed by atoms with E-state index in [0.29, 0.717) is 0 Å². The second kappa shape index (κ2) is 7.92. The van der Waals surface area contributed by atoms with E-state index in [9.17, 15) is 0 Å². The lowest BCUT2D eigenvalue weighted by molar-refractivity contribution is 0.953. The van der Waals surface area contributed by atoms with Gasteiger partial charge in [0.15, 0.2) is 0 Å². The zero-order valence-electron chi connectivity index (χ0n) is 14.6. The summed E-state index contributed by atoms with van der Waals surface area (Å²) in [4.78, 5) is 4.60. The first-order valence-electron chi connectivity index (χ1n) is 8.90. The highest BCUT2D eigenvalue weighted by atomic mass is 14.7. The van der Waals surface area contributed by atoms with E-state index in [-0.39, 0.29) is 0 Å². The lowest BCUT2D eigenvalue weighted by atomic mass is 9.99. The van der Waals surface area contributed by atoms with Gasteiger partial charge >= 0.3 is 0 Å². The number of hydrogen-bond acceptors (Lipinski definition) is 1. The van der Waals surface area contributed by atoms with Crippen LogP contribution in [-0.2, 0) is 25.7 Å². The normalized spacial score (nSPS) is 10.8. The Morgan fingerprint density at radius 2 is 1.33 bits per heavy atom. The quantitative estimate of drug-likeness (QED) is 0.572. The second-order valence-corrected chi connectivity index (χ2v) is 6.28. The molecule has 1 nitrogen and oxygen atoms in total. The van der Waals surface area contributed by atoms with Gasteiger partial charge in [0.2, 0.25) is 0 Å². The third-order valence-electron chi connectivity index (χ3n) is 4.56. The zero-order valence-corrected chi connectivity index (χ0v) is 14.6. The molecule has 0 saturated heterocycles. The third kappa shape index (κ3) is 4.11. The summed E-state index contributed by atoms with van der Waals surface area (Å²) >= 11 is 0. The van der Waals surface area contributed by atoms with Gasteiger partial charge in [0.1, 0.15) is 0 Å². The topological polar surface area (TPSA) is 12.9 Å². The smallest absolute Gasteiger partial charge is 0.0702 e. The summed E-state index contributed by atoms with van der Waals surface area (Å²) in [5.74, 6) is 0. The minimum absolute atomic E-state index is 1.03. The van der Waals surface area contributed by atoms with Gasteiger partial charge in [-0.1, -0.05) is 62.4 Å². The molecule has 0 aliphatic rings. The van der Waals surface area contributed by atoms with E-state index in [2.05, 4.69) is 79.5 Å². The van der Waals surface area contributed by atoms with Crippen molar-refractivity contribution >= 4 is 0 Å². The monoisotopic (exact) mass is 315 g/mol. The van der Waals surface area contributed by atoms with Gasteiger partial charge < -0.3 is 0 Å².